The Bertz CT molecular complexity index is 490. The topological polar surface area (TPSA) is 26.0 Å². The molecule has 0 radical (unpaired) electrons. The molecular formula is C11H8Br3NS. The Labute approximate surface area is 123 Å². The van der Waals surface area contributed by atoms with Crippen LogP contribution in [0.3, 0.4) is 0 Å². The Kier molecular flexibility index (Phi) is 4.24. The summed E-state index contributed by atoms with van der Waals surface area (Å²) in [5.41, 5.74) is 7.32. The Hall–Kier alpha value is 0.320. The summed E-state index contributed by atoms with van der Waals surface area (Å²) in [6, 6.07) is 10.1. The molecule has 2 rings (SSSR count). The molecule has 5 heteroatoms. The summed E-state index contributed by atoms with van der Waals surface area (Å²) in [6.45, 7) is 0. The van der Waals surface area contributed by atoms with Crippen molar-refractivity contribution >= 4 is 59.1 Å². The van der Waals surface area contributed by atoms with Gasteiger partial charge in [-0.25, -0.2) is 0 Å². The van der Waals surface area contributed by atoms with E-state index in [1.807, 2.05) is 24.3 Å². The molecule has 2 aromatic rings. The highest BCUT2D eigenvalue weighted by Crippen LogP contribution is 2.36. The zero-order valence-corrected chi connectivity index (χ0v) is 13.7. The quantitative estimate of drug-likeness (QED) is 0.713. The van der Waals surface area contributed by atoms with Crippen LogP contribution in [0.15, 0.2) is 43.1 Å². The first-order chi connectivity index (χ1) is 7.58. The molecule has 1 nitrogen and oxygen atoms in total. The smallest absolute Gasteiger partial charge is 0.0843 e. The lowest BCUT2D eigenvalue weighted by Gasteiger charge is -2.09. The third-order valence-corrected chi connectivity index (χ3v) is 6.01. The van der Waals surface area contributed by atoms with Gasteiger partial charge in [-0.05, 0) is 55.6 Å². The molecule has 0 bridgehead atoms. The van der Waals surface area contributed by atoms with Gasteiger partial charge in [0.15, 0.2) is 0 Å². The van der Waals surface area contributed by atoms with Crippen molar-refractivity contribution < 1.29 is 0 Å². The summed E-state index contributed by atoms with van der Waals surface area (Å²) in [7, 11) is 0. The summed E-state index contributed by atoms with van der Waals surface area (Å²) in [4.78, 5) is 1.14. The predicted octanol–water partition coefficient (Wildman–Crippen LogP) is 5.08. The second-order valence-corrected chi connectivity index (χ2v) is 7.47. The normalized spacial score (nSPS) is 12.8. The van der Waals surface area contributed by atoms with E-state index < -0.39 is 0 Å². The van der Waals surface area contributed by atoms with Crippen LogP contribution >= 0.6 is 59.1 Å². The summed E-state index contributed by atoms with van der Waals surface area (Å²) in [6.07, 6.45) is 0. The monoisotopic (exact) mass is 423 g/mol. The molecule has 1 aromatic carbocycles. The van der Waals surface area contributed by atoms with E-state index in [1.165, 1.54) is 0 Å². The zero-order valence-electron chi connectivity index (χ0n) is 8.08. The fourth-order valence-corrected chi connectivity index (χ4v) is 3.92. The molecule has 0 spiro atoms. The van der Waals surface area contributed by atoms with E-state index in [2.05, 4.69) is 53.9 Å². The lowest BCUT2D eigenvalue weighted by molar-refractivity contribution is 0.892. The summed E-state index contributed by atoms with van der Waals surface area (Å²) >= 11 is 12.1. The summed E-state index contributed by atoms with van der Waals surface area (Å²) in [5, 5.41) is 0. The Balaban J connectivity index is 2.35. The fourth-order valence-electron chi connectivity index (χ4n) is 1.38. The lowest BCUT2D eigenvalue weighted by atomic mass is 10.1. The van der Waals surface area contributed by atoms with Gasteiger partial charge in [-0.1, -0.05) is 28.1 Å². The molecular weight excluding hydrogens is 418 g/mol. The molecule has 0 amide bonds. The van der Waals surface area contributed by atoms with Crippen LogP contribution < -0.4 is 5.73 Å². The fraction of sp³-hybridized carbons (Fsp3) is 0.0909. The maximum absolute atomic E-state index is 6.22. The van der Waals surface area contributed by atoms with Gasteiger partial charge in [-0.3, -0.25) is 0 Å². The van der Waals surface area contributed by atoms with Crippen LogP contribution in [0.2, 0.25) is 0 Å². The minimum atomic E-state index is -0.0786. The third kappa shape index (κ3) is 2.76. The van der Waals surface area contributed by atoms with E-state index in [9.17, 15) is 0 Å². The number of hydrogen-bond donors (Lipinski definition) is 1. The van der Waals surface area contributed by atoms with Crippen molar-refractivity contribution in [1.29, 1.82) is 0 Å². The van der Waals surface area contributed by atoms with E-state index in [1.54, 1.807) is 11.3 Å². The van der Waals surface area contributed by atoms with Gasteiger partial charge in [-0.15, -0.1) is 11.3 Å². The van der Waals surface area contributed by atoms with Crippen LogP contribution in [-0.4, -0.2) is 0 Å². The van der Waals surface area contributed by atoms with Gasteiger partial charge in [0.2, 0.25) is 0 Å². The molecule has 1 unspecified atom stereocenters. The molecule has 0 saturated carbocycles. The molecule has 2 N–H and O–H groups in total. The first-order valence-corrected chi connectivity index (χ1v) is 7.73. The van der Waals surface area contributed by atoms with Crippen LogP contribution in [0, 0.1) is 0 Å². The minimum absolute atomic E-state index is 0.0786. The Morgan fingerprint density at radius 1 is 1.12 bits per heavy atom. The van der Waals surface area contributed by atoms with Crippen molar-refractivity contribution in [2.45, 2.75) is 6.04 Å². The van der Waals surface area contributed by atoms with E-state index in [4.69, 9.17) is 5.73 Å². The SMILES string of the molecule is NC(c1cccc(Br)c1)c1cc(Br)c(Br)s1. The van der Waals surface area contributed by atoms with Crippen LogP contribution in [0.5, 0.6) is 0 Å². The van der Waals surface area contributed by atoms with Crippen molar-refractivity contribution in [2.75, 3.05) is 0 Å². The average molecular weight is 426 g/mol. The average Bonchev–Trinajstić information content (AvgIpc) is 2.58. The van der Waals surface area contributed by atoms with E-state index in [-0.39, 0.29) is 6.04 Å². The number of thiophene rings is 1. The number of halogens is 3. The van der Waals surface area contributed by atoms with Crippen LogP contribution in [0.25, 0.3) is 0 Å². The standard InChI is InChI=1S/C11H8Br3NS/c12-7-3-1-2-6(4-7)10(15)9-5-8(13)11(14)16-9/h1-5,10H,15H2. The molecule has 16 heavy (non-hydrogen) atoms. The first kappa shape index (κ1) is 12.8. The van der Waals surface area contributed by atoms with Crippen molar-refractivity contribution in [1.82, 2.24) is 0 Å². The van der Waals surface area contributed by atoms with Gasteiger partial charge in [0.1, 0.15) is 0 Å². The van der Waals surface area contributed by atoms with Gasteiger partial charge >= 0.3 is 0 Å². The molecule has 0 aliphatic heterocycles. The van der Waals surface area contributed by atoms with Crippen LogP contribution in [0.1, 0.15) is 16.5 Å². The third-order valence-electron chi connectivity index (χ3n) is 2.18. The molecule has 84 valence electrons. The van der Waals surface area contributed by atoms with Crippen molar-refractivity contribution in [2.24, 2.45) is 5.73 Å². The molecule has 1 aromatic heterocycles. The van der Waals surface area contributed by atoms with Gasteiger partial charge in [0.25, 0.3) is 0 Å². The van der Waals surface area contributed by atoms with Crippen LogP contribution in [0.4, 0.5) is 0 Å². The number of rotatable bonds is 2. The second-order valence-electron chi connectivity index (χ2n) is 3.30. The molecule has 0 saturated heterocycles. The van der Waals surface area contributed by atoms with E-state index in [0.717, 1.165) is 23.2 Å². The maximum atomic E-state index is 6.22. The second kappa shape index (κ2) is 5.31. The van der Waals surface area contributed by atoms with E-state index in [0.29, 0.717) is 0 Å². The first-order valence-electron chi connectivity index (χ1n) is 4.53. The summed E-state index contributed by atoms with van der Waals surface area (Å²) < 4.78 is 3.18. The molecule has 0 fully saturated rings. The minimum Gasteiger partial charge on any atom is -0.320 e. The van der Waals surface area contributed by atoms with Gasteiger partial charge < -0.3 is 5.73 Å². The molecule has 1 atom stereocenters. The van der Waals surface area contributed by atoms with Crippen LogP contribution in [-0.2, 0) is 0 Å². The Morgan fingerprint density at radius 2 is 1.88 bits per heavy atom. The van der Waals surface area contributed by atoms with Crippen molar-refractivity contribution in [3.05, 3.63) is 53.5 Å². The van der Waals surface area contributed by atoms with Gasteiger partial charge in [0.05, 0.1) is 9.83 Å². The van der Waals surface area contributed by atoms with Gasteiger partial charge in [-0.2, -0.15) is 0 Å². The molecule has 0 aliphatic carbocycles. The highest BCUT2D eigenvalue weighted by atomic mass is 79.9. The largest absolute Gasteiger partial charge is 0.320 e. The highest BCUT2D eigenvalue weighted by Gasteiger charge is 2.13. The highest BCUT2D eigenvalue weighted by molar-refractivity contribution is 9.13. The number of hydrogen-bond acceptors (Lipinski definition) is 2. The maximum Gasteiger partial charge on any atom is 0.0843 e. The summed E-state index contributed by atoms with van der Waals surface area (Å²) in [5.74, 6) is 0. The van der Waals surface area contributed by atoms with Gasteiger partial charge in [0, 0.05) is 13.8 Å². The Morgan fingerprint density at radius 3 is 2.44 bits per heavy atom. The number of benzene rings is 1. The molecule has 0 aliphatic rings. The molecule has 1 heterocycles. The number of nitrogens with two attached hydrogens (primary N) is 1. The zero-order chi connectivity index (χ0) is 11.7. The predicted molar refractivity (Wildman–Crippen MR) is 79.9 cm³/mol. The van der Waals surface area contributed by atoms with E-state index >= 15 is 0 Å². The lowest BCUT2D eigenvalue weighted by Crippen LogP contribution is -2.09. The van der Waals surface area contributed by atoms with Crippen molar-refractivity contribution in [3.63, 3.8) is 0 Å². The van der Waals surface area contributed by atoms with Crippen molar-refractivity contribution in [3.8, 4) is 0 Å².